The van der Waals surface area contributed by atoms with Crippen LogP contribution in [0.5, 0.6) is 0 Å². The second-order valence-corrected chi connectivity index (χ2v) is 6.80. The zero-order valence-corrected chi connectivity index (χ0v) is 17.2. The number of aliphatic hydroxyl groups excluding tert-OH is 5. The van der Waals surface area contributed by atoms with Gasteiger partial charge in [-0.25, -0.2) is 0 Å². The van der Waals surface area contributed by atoms with E-state index in [1.807, 2.05) is 0 Å². The summed E-state index contributed by atoms with van der Waals surface area (Å²) < 4.78 is 0. The Bertz CT molecular complexity index is 784. The van der Waals surface area contributed by atoms with Gasteiger partial charge in [0, 0.05) is 17.8 Å². The quantitative estimate of drug-likeness (QED) is 0.216. The van der Waals surface area contributed by atoms with Gasteiger partial charge >= 0.3 is 0 Å². The van der Waals surface area contributed by atoms with Gasteiger partial charge in [0.15, 0.2) is 6.10 Å². The highest BCUT2D eigenvalue weighted by Gasteiger charge is 2.29. The van der Waals surface area contributed by atoms with Gasteiger partial charge in [0.05, 0.1) is 25.9 Å². The highest BCUT2D eigenvalue weighted by molar-refractivity contribution is 6.02. The molecule has 2 amide bonds. The molecule has 0 radical (unpaired) electrons. The zero-order valence-electron chi connectivity index (χ0n) is 17.2. The fourth-order valence-electron chi connectivity index (χ4n) is 3.15. The number of nitrogens with one attached hydrogen (secondary N) is 2. The van der Waals surface area contributed by atoms with E-state index in [1.165, 1.54) is 0 Å². The van der Waals surface area contributed by atoms with Crippen molar-refractivity contribution in [1.29, 1.82) is 0 Å². The molecule has 0 saturated heterocycles. The number of nitrogens with zero attached hydrogens (tertiary/aromatic N) is 1. The summed E-state index contributed by atoms with van der Waals surface area (Å²) in [7, 11) is 0. The molecule has 1 rings (SSSR count). The number of carbonyl (C=O) groups is 2. The Kier molecular flexibility index (Phi) is 9.96. The normalized spacial score (nSPS) is 14.0. The van der Waals surface area contributed by atoms with Gasteiger partial charge in [-0.1, -0.05) is 12.1 Å². The summed E-state index contributed by atoms with van der Waals surface area (Å²) >= 11 is 0. The Labute approximate surface area is 173 Å². The van der Waals surface area contributed by atoms with E-state index in [2.05, 4.69) is 15.8 Å². The number of hydrogen-bond donors (Lipinski definition) is 7. The lowest BCUT2D eigenvalue weighted by Gasteiger charge is -2.24. The Hall–Kier alpha value is -2.44. The van der Waals surface area contributed by atoms with Gasteiger partial charge in [-0.2, -0.15) is 4.91 Å². The molecule has 3 unspecified atom stereocenters. The molecule has 168 valence electrons. The van der Waals surface area contributed by atoms with Crippen molar-refractivity contribution >= 4 is 17.5 Å². The molecule has 0 aliphatic carbocycles. The first-order valence-electron chi connectivity index (χ1n) is 9.43. The average Bonchev–Trinajstić information content (AvgIpc) is 2.74. The third-order valence-corrected chi connectivity index (χ3v) is 4.91. The van der Waals surface area contributed by atoms with Gasteiger partial charge in [-0.3, -0.25) is 9.59 Å². The van der Waals surface area contributed by atoms with Crippen molar-refractivity contribution in [2.45, 2.75) is 52.0 Å². The van der Waals surface area contributed by atoms with Crippen LogP contribution >= 0.6 is 0 Å². The molecule has 30 heavy (non-hydrogen) atoms. The molecule has 0 spiro atoms. The molecule has 0 heterocycles. The topological polar surface area (TPSA) is 189 Å². The highest BCUT2D eigenvalue weighted by atomic mass is 16.3. The van der Waals surface area contributed by atoms with E-state index < -0.39 is 49.9 Å². The van der Waals surface area contributed by atoms with Gasteiger partial charge < -0.3 is 36.2 Å². The lowest BCUT2D eigenvalue weighted by Crippen LogP contribution is -2.39. The fraction of sp³-hybridized carbons (Fsp3) is 0.579. The van der Waals surface area contributed by atoms with E-state index in [9.17, 15) is 29.8 Å². The zero-order chi connectivity index (χ0) is 23.0. The monoisotopic (exact) mass is 427 g/mol. The second-order valence-electron chi connectivity index (χ2n) is 6.80. The summed E-state index contributed by atoms with van der Waals surface area (Å²) in [5.41, 5.74) is 2.11. The summed E-state index contributed by atoms with van der Waals surface area (Å²) in [5, 5.41) is 54.7. The maximum absolute atomic E-state index is 12.8. The minimum atomic E-state index is -1.91. The third-order valence-electron chi connectivity index (χ3n) is 4.91. The number of carbonyl (C=O) groups excluding carboxylic acids is 2. The van der Waals surface area contributed by atoms with Crippen molar-refractivity contribution in [2.24, 2.45) is 5.18 Å². The summed E-state index contributed by atoms with van der Waals surface area (Å²) in [6, 6.07) is -1.55. The first-order chi connectivity index (χ1) is 14.2. The van der Waals surface area contributed by atoms with Crippen molar-refractivity contribution in [3.05, 3.63) is 32.7 Å². The lowest BCUT2D eigenvalue weighted by atomic mass is 9.89. The van der Waals surface area contributed by atoms with E-state index in [0.717, 1.165) is 0 Å². The Morgan fingerprint density at radius 3 is 2.13 bits per heavy atom. The van der Waals surface area contributed by atoms with Crippen molar-refractivity contribution < 1.29 is 35.1 Å². The smallest absolute Gasteiger partial charge is 0.255 e. The number of rotatable bonds is 11. The van der Waals surface area contributed by atoms with Crippen LogP contribution in [0.1, 0.15) is 39.5 Å². The minimum absolute atomic E-state index is 0.175. The minimum Gasteiger partial charge on any atom is -0.394 e. The fourth-order valence-corrected chi connectivity index (χ4v) is 3.15. The van der Waals surface area contributed by atoms with Gasteiger partial charge in [0.1, 0.15) is 6.04 Å². The van der Waals surface area contributed by atoms with Crippen LogP contribution in [0.2, 0.25) is 0 Å². The first kappa shape index (κ1) is 25.6. The molecule has 0 aromatic heterocycles. The van der Waals surface area contributed by atoms with Gasteiger partial charge in [-0.05, 0) is 42.5 Å². The van der Waals surface area contributed by atoms with Crippen LogP contribution in [0.3, 0.4) is 0 Å². The van der Waals surface area contributed by atoms with E-state index in [4.69, 9.17) is 10.2 Å². The van der Waals surface area contributed by atoms with Crippen molar-refractivity contribution in [3.8, 4) is 0 Å². The summed E-state index contributed by atoms with van der Waals surface area (Å²) in [6.45, 7) is 3.00. The number of amides is 2. The molecule has 11 nitrogen and oxygen atoms in total. The Morgan fingerprint density at radius 2 is 1.67 bits per heavy atom. The number of aliphatic hydroxyl groups is 5. The second kappa shape index (κ2) is 11.7. The molecule has 0 aliphatic heterocycles. The standard InChI is InChI=1S/C19H29N3O8/c1-4-12-15(18(28)20-5-11(26)6-23)9(2)13(7-24)10(3)16(12)21-19(29)17(27)14(8-25)22-30/h11,14,17,23-27H,4-8H2,1-3H3,(H,20,28)(H,21,29). The molecule has 1 aromatic carbocycles. The molecule has 0 bridgehead atoms. The SMILES string of the molecule is CCc1c(NC(=O)C(O)C(CO)N=O)c(C)c(CO)c(C)c1C(=O)NCC(O)CO. The summed E-state index contributed by atoms with van der Waals surface area (Å²) in [6.07, 6.45) is -2.77. The molecular formula is C19H29N3O8. The largest absolute Gasteiger partial charge is 0.394 e. The van der Waals surface area contributed by atoms with Crippen molar-refractivity contribution in [2.75, 3.05) is 25.1 Å². The van der Waals surface area contributed by atoms with E-state index in [1.54, 1.807) is 20.8 Å². The first-order valence-corrected chi connectivity index (χ1v) is 9.43. The van der Waals surface area contributed by atoms with Gasteiger partial charge in [-0.15, -0.1) is 0 Å². The summed E-state index contributed by atoms with van der Waals surface area (Å²) in [5.74, 6) is -1.58. The molecule has 7 N–H and O–H groups in total. The average molecular weight is 427 g/mol. The van der Waals surface area contributed by atoms with Crippen molar-refractivity contribution in [1.82, 2.24) is 5.32 Å². The maximum atomic E-state index is 12.8. The predicted molar refractivity (Wildman–Crippen MR) is 108 cm³/mol. The van der Waals surface area contributed by atoms with Crippen LogP contribution in [0.15, 0.2) is 5.18 Å². The van der Waals surface area contributed by atoms with Crippen LogP contribution in [-0.4, -0.2) is 75.4 Å². The molecule has 0 saturated carbocycles. The van der Waals surface area contributed by atoms with Gasteiger partial charge in [0.25, 0.3) is 11.8 Å². The molecule has 1 aromatic rings. The van der Waals surface area contributed by atoms with Crippen LogP contribution in [0.25, 0.3) is 0 Å². The van der Waals surface area contributed by atoms with E-state index >= 15 is 0 Å². The number of nitroso groups, excluding NO2 is 1. The van der Waals surface area contributed by atoms with Gasteiger partial charge in [0.2, 0.25) is 0 Å². The molecule has 0 fully saturated rings. The number of benzene rings is 1. The third kappa shape index (κ3) is 5.58. The van der Waals surface area contributed by atoms with Crippen LogP contribution in [0.4, 0.5) is 5.69 Å². The molecule has 3 atom stereocenters. The van der Waals surface area contributed by atoms with Crippen molar-refractivity contribution in [3.63, 3.8) is 0 Å². The lowest BCUT2D eigenvalue weighted by molar-refractivity contribution is -0.125. The van der Waals surface area contributed by atoms with Crippen LogP contribution in [-0.2, 0) is 17.8 Å². The number of anilines is 1. The van der Waals surface area contributed by atoms with E-state index in [0.29, 0.717) is 28.7 Å². The maximum Gasteiger partial charge on any atom is 0.255 e. The molecule has 0 aliphatic rings. The Morgan fingerprint density at radius 1 is 1.03 bits per heavy atom. The van der Waals surface area contributed by atoms with E-state index in [-0.39, 0.29) is 17.8 Å². The van der Waals surface area contributed by atoms with Crippen LogP contribution in [0, 0.1) is 18.8 Å². The summed E-state index contributed by atoms with van der Waals surface area (Å²) in [4.78, 5) is 35.9. The predicted octanol–water partition coefficient (Wildman–Crippen LogP) is -1.13. The Balaban J connectivity index is 3.47. The number of hydrogen-bond acceptors (Lipinski definition) is 9. The van der Waals surface area contributed by atoms with Crippen LogP contribution < -0.4 is 10.6 Å². The molecular weight excluding hydrogens is 398 g/mol. The highest BCUT2D eigenvalue weighted by Crippen LogP contribution is 2.33. The molecule has 11 heteroatoms.